The Balaban J connectivity index is 1.84. The van der Waals surface area contributed by atoms with Gasteiger partial charge >= 0.3 is 6.18 Å². The molecule has 1 aromatic carbocycles. The molecule has 1 aliphatic heterocycles. The van der Waals surface area contributed by atoms with E-state index < -0.39 is 17.6 Å². The van der Waals surface area contributed by atoms with Gasteiger partial charge in [-0.15, -0.1) is 0 Å². The maximum absolute atomic E-state index is 12.7. The second kappa shape index (κ2) is 6.72. The third kappa shape index (κ3) is 3.58. The Bertz CT molecular complexity index is 816. The van der Waals surface area contributed by atoms with Crippen LogP contribution < -0.4 is 5.73 Å². The van der Waals surface area contributed by atoms with Crippen LogP contribution in [0, 0.1) is 5.92 Å². The van der Waals surface area contributed by atoms with Crippen molar-refractivity contribution in [1.29, 1.82) is 0 Å². The van der Waals surface area contributed by atoms with Gasteiger partial charge in [0.05, 0.1) is 22.9 Å². The number of alkyl halides is 3. The molecule has 0 saturated carbocycles. The number of fused-ring (bicyclic) bond motifs is 1. The highest BCUT2D eigenvalue weighted by atomic mass is 19.4. The highest BCUT2D eigenvalue weighted by Gasteiger charge is 2.34. The monoisotopic (exact) mass is 363 g/mol. The number of halogens is 3. The fraction of sp³-hybridized carbons (Fsp3) is 0.368. The largest absolute Gasteiger partial charge is 0.416 e. The molecule has 1 atom stereocenters. The molecule has 7 heteroatoms. The lowest BCUT2D eigenvalue weighted by atomic mass is 9.99. The van der Waals surface area contributed by atoms with Crippen LogP contribution >= 0.6 is 0 Å². The molecule has 0 bridgehead atoms. The Kier molecular flexibility index (Phi) is 4.75. The number of primary amides is 1. The van der Waals surface area contributed by atoms with E-state index in [4.69, 9.17) is 5.73 Å². The zero-order valence-corrected chi connectivity index (χ0v) is 14.5. The Morgan fingerprint density at radius 1 is 1.31 bits per heavy atom. The number of benzene rings is 1. The Hall–Kier alpha value is -2.41. The van der Waals surface area contributed by atoms with Crippen molar-refractivity contribution in [2.45, 2.75) is 39.2 Å². The van der Waals surface area contributed by atoms with E-state index >= 15 is 0 Å². The van der Waals surface area contributed by atoms with Crippen molar-refractivity contribution in [2.24, 2.45) is 11.7 Å². The summed E-state index contributed by atoms with van der Waals surface area (Å²) in [6.45, 7) is 5.23. The van der Waals surface area contributed by atoms with Crippen molar-refractivity contribution in [2.75, 3.05) is 0 Å². The number of carbonyl (C=O) groups is 1. The van der Waals surface area contributed by atoms with E-state index in [0.717, 1.165) is 29.0 Å². The molecule has 26 heavy (non-hydrogen) atoms. The first-order valence-electron chi connectivity index (χ1n) is 8.35. The van der Waals surface area contributed by atoms with Crippen LogP contribution in [0.2, 0.25) is 0 Å². The van der Waals surface area contributed by atoms with Gasteiger partial charge in [0.25, 0.3) is 0 Å². The summed E-state index contributed by atoms with van der Waals surface area (Å²) in [4.78, 5) is 18.0. The first-order chi connectivity index (χ1) is 12.2. The van der Waals surface area contributed by atoms with E-state index in [2.05, 4.69) is 23.7 Å². The topological polar surface area (TPSA) is 59.2 Å². The number of rotatable bonds is 4. The van der Waals surface area contributed by atoms with Crippen LogP contribution in [0.15, 0.2) is 36.5 Å². The SMILES string of the molecule is CC(C)[C@H]1c2ncc(C(N)=O)cc2CN1Cc1ccc(C(F)(F)F)cc1. The maximum Gasteiger partial charge on any atom is 0.416 e. The number of nitrogens with two attached hydrogens (primary N) is 1. The highest BCUT2D eigenvalue weighted by molar-refractivity contribution is 5.92. The van der Waals surface area contributed by atoms with Gasteiger partial charge in [0.1, 0.15) is 0 Å². The maximum atomic E-state index is 12.7. The van der Waals surface area contributed by atoms with Crippen molar-refractivity contribution in [1.82, 2.24) is 9.88 Å². The van der Waals surface area contributed by atoms with Crippen molar-refractivity contribution in [3.63, 3.8) is 0 Å². The number of pyridine rings is 1. The van der Waals surface area contributed by atoms with E-state index in [-0.39, 0.29) is 12.0 Å². The fourth-order valence-electron chi connectivity index (χ4n) is 3.46. The molecular formula is C19H20F3N3O. The third-order valence-electron chi connectivity index (χ3n) is 4.63. The highest BCUT2D eigenvalue weighted by Crippen LogP contribution is 2.38. The van der Waals surface area contributed by atoms with E-state index in [1.165, 1.54) is 18.3 Å². The molecule has 3 rings (SSSR count). The standard InChI is InChI=1S/C19H20F3N3O/c1-11(2)17-16-14(7-13(8-24-16)18(23)26)10-25(17)9-12-3-5-15(6-4-12)19(20,21)22/h3-8,11,17H,9-10H2,1-2H3,(H2,23,26)/t17-/m0/s1. The van der Waals surface area contributed by atoms with Crippen LogP contribution in [0.5, 0.6) is 0 Å². The van der Waals surface area contributed by atoms with E-state index in [9.17, 15) is 18.0 Å². The normalized spacial score (nSPS) is 17.5. The van der Waals surface area contributed by atoms with Gasteiger partial charge in [-0.3, -0.25) is 14.7 Å². The predicted molar refractivity (Wildman–Crippen MR) is 91.0 cm³/mol. The number of aromatic nitrogens is 1. The van der Waals surface area contributed by atoms with Crippen molar-refractivity contribution in [3.05, 3.63) is 64.5 Å². The van der Waals surface area contributed by atoms with Gasteiger partial charge in [-0.2, -0.15) is 13.2 Å². The minimum Gasteiger partial charge on any atom is -0.366 e. The number of carbonyl (C=O) groups excluding carboxylic acids is 1. The summed E-state index contributed by atoms with van der Waals surface area (Å²) in [6.07, 6.45) is -2.85. The van der Waals surface area contributed by atoms with E-state index in [0.29, 0.717) is 18.7 Å². The van der Waals surface area contributed by atoms with Crippen LogP contribution in [-0.4, -0.2) is 15.8 Å². The Labute approximate surface area is 149 Å². The average Bonchev–Trinajstić information content (AvgIpc) is 2.91. The fourth-order valence-corrected chi connectivity index (χ4v) is 3.46. The summed E-state index contributed by atoms with van der Waals surface area (Å²) in [5, 5.41) is 0. The molecule has 4 nitrogen and oxygen atoms in total. The molecule has 0 fully saturated rings. The number of hydrogen-bond acceptors (Lipinski definition) is 3. The van der Waals surface area contributed by atoms with Crippen LogP contribution in [0.4, 0.5) is 13.2 Å². The minimum atomic E-state index is -4.34. The first kappa shape index (κ1) is 18.4. The summed E-state index contributed by atoms with van der Waals surface area (Å²) in [6, 6.07) is 7.01. The van der Waals surface area contributed by atoms with Gasteiger partial charge in [0.2, 0.25) is 5.91 Å². The van der Waals surface area contributed by atoms with Gasteiger partial charge in [0, 0.05) is 19.3 Å². The molecule has 0 spiro atoms. The molecule has 2 N–H and O–H groups in total. The number of hydrogen-bond donors (Lipinski definition) is 1. The third-order valence-corrected chi connectivity index (χ3v) is 4.63. The van der Waals surface area contributed by atoms with E-state index in [1.807, 2.05) is 0 Å². The molecular weight excluding hydrogens is 343 g/mol. The van der Waals surface area contributed by atoms with Crippen LogP contribution in [0.3, 0.4) is 0 Å². The van der Waals surface area contributed by atoms with Gasteiger partial charge < -0.3 is 5.73 Å². The molecule has 0 saturated heterocycles. The first-order valence-corrected chi connectivity index (χ1v) is 8.35. The second-order valence-electron chi connectivity index (χ2n) is 6.92. The molecule has 138 valence electrons. The lowest BCUT2D eigenvalue weighted by Gasteiger charge is -2.27. The molecule has 2 aromatic rings. The minimum absolute atomic E-state index is 0.0363. The van der Waals surface area contributed by atoms with Gasteiger partial charge in [-0.05, 0) is 35.2 Å². The lowest BCUT2D eigenvalue weighted by molar-refractivity contribution is -0.137. The van der Waals surface area contributed by atoms with Crippen LogP contribution in [0.25, 0.3) is 0 Å². The summed E-state index contributed by atoms with van der Waals surface area (Å²) in [5.74, 6) is -0.264. The molecule has 2 heterocycles. The molecule has 0 aliphatic carbocycles. The molecule has 1 aliphatic rings. The molecule has 0 radical (unpaired) electrons. The lowest BCUT2D eigenvalue weighted by Crippen LogP contribution is -2.25. The number of amides is 1. The average molecular weight is 363 g/mol. The summed E-state index contributed by atoms with van der Waals surface area (Å²) < 4.78 is 38.2. The molecule has 1 amide bonds. The summed E-state index contributed by atoms with van der Waals surface area (Å²) in [7, 11) is 0. The van der Waals surface area contributed by atoms with Gasteiger partial charge in [0.15, 0.2) is 0 Å². The smallest absolute Gasteiger partial charge is 0.366 e. The number of nitrogens with zero attached hydrogens (tertiary/aromatic N) is 2. The molecule has 0 unspecified atom stereocenters. The predicted octanol–water partition coefficient (Wildman–Crippen LogP) is 3.91. The summed E-state index contributed by atoms with van der Waals surface area (Å²) in [5.41, 5.74) is 7.67. The van der Waals surface area contributed by atoms with Gasteiger partial charge in [-0.25, -0.2) is 0 Å². The van der Waals surface area contributed by atoms with E-state index in [1.54, 1.807) is 6.07 Å². The molecule has 1 aromatic heterocycles. The zero-order chi connectivity index (χ0) is 19.1. The summed E-state index contributed by atoms with van der Waals surface area (Å²) >= 11 is 0. The van der Waals surface area contributed by atoms with Crippen LogP contribution in [0.1, 0.15) is 52.6 Å². The van der Waals surface area contributed by atoms with Crippen molar-refractivity contribution < 1.29 is 18.0 Å². The van der Waals surface area contributed by atoms with Crippen LogP contribution in [-0.2, 0) is 19.3 Å². The van der Waals surface area contributed by atoms with Crippen molar-refractivity contribution >= 4 is 5.91 Å². The zero-order valence-electron chi connectivity index (χ0n) is 14.5. The Morgan fingerprint density at radius 3 is 2.50 bits per heavy atom. The van der Waals surface area contributed by atoms with Gasteiger partial charge in [-0.1, -0.05) is 26.0 Å². The quantitative estimate of drug-likeness (QED) is 0.896. The van der Waals surface area contributed by atoms with Crippen molar-refractivity contribution in [3.8, 4) is 0 Å². The second-order valence-corrected chi connectivity index (χ2v) is 6.92. The Morgan fingerprint density at radius 2 is 1.96 bits per heavy atom.